The third-order valence-electron chi connectivity index (χ3n) is 4.49. The van der Waals surface area contributed by atoms with E-state index in [2.05, 4.69) is 25.8 Å². The number of aromatic amines is 1. The number of amides is 2. The van der Waals surface area contributed by atoms with E-state index < -0.39 is 0 Å². The molecule has 1 fully saturated rings. The van der Waals surface area contributed by atoms with Gasteiger partial charge in [-0.1, -0.05) is 11.3 Å². The van der Waals surface area contributed by atoms with E-state index in [0.29, 0.717) is 15.9 Å². The molecule has 0 radical (unpaired) electrons. The number of aromatic nitrogens is 3. The number of ether oxygens (including phenoxy) is 2. The summed E-state index contributed by atoms with van der Waals surface area (Å²) in [6.07, 6.45) is 3.67. The van der Waals surface area contributed by atoms with Gasteiger partial charge in [-0.2, -0.15) is 5.10 Å². The van der Waals surface area contributed by atoms with E-state index in [4.69, 9.17) is 9.47 Å². The van der Waals surface area contributed by atoms with Crippen molar-refractivity contribution in [2.45, 2.75) is 64.0 Å². The number of thiazole rings is 1. The summed E-state index contributed by atoms with van der Waals surface area (Å²) in [7, 11) is 1.57. The molecule has 0 saturated heterocycles. The molecule has 0 spiro atoms. The number of rotatable bonds is 6. The van der Waals surface area contributed by atoms with Crippen LogP contribution in [0.5, 0.6) is 5.06 Å². The predicted octanol–water partition coefficient (Wildman–Crippen LogP) is 3.22. The van der Waals surface area contributed by atoms with Crippen molar-refractivity contribution >= 4 is 29.2 Å². The highest BCUT2D eigenvalue weighted by atomic mass is 32.1. The van der Waals surface area contributed by atoms with Gasteiger partial charge in [-0.05, 0) is 40.0 Å². The highest BCUT2D eigenvalue weighted by Crippen LogP contribution is 2.36. The van der Waals surface area contributed by atoms with Gasteiger partial charge in [0.05, 0.1) is 19.7 Å². The summed E-state index contributed by atoms with van der Waals surface area (Å²) < 4.78 is 10.6. The summed E-state index contributed by atoms with van der Waals surface area (Å²) in [5.41, 5.74) is 0.605. The maximum absolute atomic E-state index is 12.2. The maximum atomic E-state index is 12.2. The van der Waals surface area contributed by atoms with Crippen molar-refractivity contribution in [1.29, 1.82) is 0 Å². The van der Waals surface area contributed by atoms with Gasteiger partial charge in [-0.15, -0.1) is 0 Å². The quantitative estimate of drug-likeness (QED) is 0.659. The normalized spacial score (nSPS) is 19.0. The zero-order valence-electron chi connectivity index (χ0n) is 17.1. The predicted molar refractivity (Wildman–Crippen MR) is 109 cm³/mol. The molecule has 2 aromatic heterocycles. The van der Waals surface area contributed by atoms with E-state index in [0.717, 1.165) is 25.0 Å². The lowest BCUT2D eigenvalue weighted by Crippen LogP contribution is -2.42. The van der Waals surface area contributed by atoms with Gasteiger partial charge in [-0.3, -0.25) is 9.89 Å². The highest BCUT2D eigenvalue weighted by Gasteiger charge is 2.30. The molecule has 1 aliphatic rings. The minimum absolute atomic E-state index is 0.122. The van der Waals surface area contributed by atoms with Gasteiger partial charge in [0, 0.05) is 23.2 Å². The SMILES string of the molecule is COc1cnc(CC(=O)Nc2cc(C3CCC(OC(=O)NC(C)(C)C)C3)[nH]n2)s1. The number of carbonyl (C=O) groups is 2. The molecule has 2 atom stereocenters. The molecule has 10 heteroatoms. The minimum Gasteiger partial charge on any atom is -0.486 e. The van der Waals surface area contributed by atoms with Gasteiger partial charge >= 0.3 is 6.09 Å². The van der Waals surface area contributed by atoms with E-state index in [-0.39, 0.29) is 36.0 Å². The van der Waals surface area contributed by atoms with Crippen LogP contribution >= 0.6 is 11.3 Å². The molecular formula is C19H27N5O4S. The number of nitrogens with zero attached hydrogens (tertiary/aromatic N) is 2. The van der Waals surface area contributed by atoms with E-state index in [1.807, 2.05) is 26.8 Å². The van der Waals surface area contributed by atoms with Crippen molar-refractivity contribution in [3.63, 3.8) is 0 Å². The lowest BCUT2D eigenvalue weighted by molar-refractivity contribution is -0.115. The molecule has 2 heterocycles. The van der Waals surface area contributed by atoms with Crippen molar-refractivity contribution in [3.05, 3.63) is 23.0 Å². The fraction of sp³-hybridized carbons (Fsp3) is 0.579. The van der Waals surface area contributed by atoms with Gasteiger partial charge in [0.15, 0.2) is 10.9 Å². The minimum atomic E-state index is -0.389. The van der Waals surface area contributed by atoms with Crippen LogP contribution in [0.2, 0.25) is 0 Å². The largest absolute Gasteiger partial charge is 0.486 e. The smallest absolute Gasteiger partial charge is 0.407 e. The van der Waals surface area contributed by atoms with Crippen LogP contribution in [-0.4, -0.2) is 45.9 Å². The molecule has 3 rings (SSSR count). The third-order valence-corrected chi connectivity index (χ3v) is 5.44. The van der Waals surface area contributed by atoms with E-state index in [1.54, 1.807) is 13.3 Å². The first-order chi connectivity index (χ1) is 13.7. The van der Waals surface area contributed by atoms with Crippen LogP contribution in [0.25, 0.3) is 0 Å². The second-order valence-corrected chi connectivity index (χ2v) is 9.20. The second kappa shape index (κ2) is 8.81. The fourth-order valence-electron chi connectivity index (χ4n) is 3.22. The number of anilines is 1. The summed E-state index contributed by atoms with van der Waals surface area (Å²) in [4.78, 5) is 28.3. The third kappa shape index (κ3) is 6.18. The number of methoxy groups -OCH3 is 1. The summed E-state index contributed by atoms with van der Waals surface area (Å²) in [5, 5.41) is 14.1. The van der Waals surface area contributed by atoms with Gasteiger partial charge in [-0.25, -0.2) is 9.78 Å². The molecule has 0 aromatic carbocycles. The van der Waals surface area contributed by atoms with Crippen molar-refractivity contribution in [1.82, 2.24) is 20.5 Å². The Morgan fingerprint density at radius 3 is 2.83 bits per heavy atom. The lowest BCUT2D eigenvalue weighted by Gasteiger charge is -2.22. The fourth-order valence-corrected chi connectivity index (χ4v) is 3.95. The maximum Gasteiger partial charge on any atom is 0.407 e. The Morgan fingerprint density at radius 1 is 1.34 bits per heavy atom. The standard InChI is InChI=1S/C19H27N5O4S/c1-19(2,3)22-18(26)28-12-6-5-11(7-12)13-8-14(24-23-13)21-15(25)9-16-20-10-17(27-4)29-16/h8,10-12H,5-7,9H2,1-4H3,(H,22,26)(H2,21,23,24,25). The number of hydrogen-bond donors (Lipinski definition) is 3. The average molecular weight is 422 g/mol. The van der Waals surface area contributed by atoms with Crippen LogP contribution in [0, 0.1) is 0 Å². The zero-order chi connectivity index (χ0) is 21.0. The monoisotopic (exact) mass is 421 g/mol. The van der Waals surface area contributed by atoms with Crippen molar-refractivity contribution in [2.24, 2.45) is 0 Å². The molecule has 9 nitrogen and oxygen atoms in total. The van der Waals surface area contributed by atoms with Gasteiger partial charge < -0.3 is 20.1 Å². The van der Waals surface area contributed by atoms with E-state index >= 15 is 0 Å². The first-order valence-electron chi connectivity index (χ1n) is 9.54. The van der Waals surface area contributed by atoms with Crippen LogP contribution in [0.3, 0.4) is 0 Å². The Morgan fingerprint density at radius 2 is 2.14 bits per heavy atom. The molecule has 2 aromatic rings. The molecule has 1 aliphatic carbocycles. The molecule has 2 unspecified atom stereocenters. The highest BCUT2D eigenvalue weighted by molar-refractivity contribution is 7.13. The van der Waals surface area contributed by atoms with Crippen LogP contribution < -0.4 is 15.4 Å². The van der Waals surface area contributed by atoms with E-state index in [1.165, 1.54) is 11.3 Å². The second-order valence-electron chi connectivity index (χ2n) is 8.12. The number of carbonyl (C=O) groups excluding carboxylic acids is 2. The van der Waals surface area contributed by atoms with Gasteiger partial charge in [0.1, 0.15) is 11.1 Å². The first kappa shape index (κ1) is 21.1. The Kier molecular flexibility index (Phi) is 6.41. The number of hydrogen-bond acceptors (Lipinski definition) is 7. The van der Waals surface area contributed by atoms with Crippen LogP contribution in [0.15, 0.2) is 12.3 Å². The topological polar surface area (TPSA) is 118 Å². The summed E-state index contributed by atoms with van der Waals surface area (Å²) in [6.45, 7) is 5.74. The Hall–Kier alpha value is -2.62. The Balaban J connectivity index is 1.48. The lowest BCUT2D eigenvalue weighted by atomic mass is 10.0. The van der Waals surface area contributed by atoms with Crippen molar-refractivity contribution < 1.29 is 19.1 Å². The molecule has 158 valence electrons. The summed E-state index contributed by atoms with van der Waals surface area (Å²) in [6, 6.07) is 1.84. The van der Waals surface area contributed by atoms with Crippen molar-refractivity contribution in [2.75, 3.05) is 12.4 Å². The summed E-state index contributed by atoms with van der Waals surface area (Å²) >= 11 is 1.34. The average Bonchev–Trinajstić information content (AvgIpc) is 3.33. The van der Waals surface area contributed by atoms with Gasteiger partial charge in [0.25, 0.3) is 0 Å². The van der Waals surface area contributed by atoms with Crippen LogP contribution in [-0.2, 0) is 16.0 Å². The van der Waals surface area contributed by atoms with Gasteiger partial charge in [0.2, 0.25) is 5.91 Å². The number of H-pyrrole nitrogens is 1. The van der Waals surface area contributed by atoms with Crippen LogP contribution in [0.4, 0.5) is 10.6 Å². The molecule has 2 amide bonds. The first-order valence-corrected chi connectivity index (χ1v) is 10.4. The Bertz CT molecular complexity index is 857. The molecule has 0 bridgehead atoms. The Labute approximate surface area is 173 Å². The molecule has 29 heavy (non-hydrogen) atoms. The molecule has 0 aliphatic heterocycles. The van der Waals surface area contributed by atoms with Crippen molar-refractivity contribution in [3.8, 4) is 5.06 Å². The zero-order valence-corrected chi connectivity index (χ0v) is 17.9. The summed E-state index contributed by atoms with van der Waals surface area (Å²) in [5.74, 6) is 0.499. The molecule has 1 saturated carbocycles. The number of alkyl carbamates (subject to hydrolysis) is 1. The number of nitrogens with one attached hydrogen (secondary N) is 3. The molecule has 3 N–H and O–H groups in total. The van der Waals surface area contributed by atoms with E-state index in [9.17, 15) is 9.59 Å². The molecular weight excluding hydrogens is 394 g/mol. The van der Waals surface area contributed by atoms with Crippen LogP contribution in [0.1, 0.15) is 56.7 Å².